The van der Waals surface area contributed by atoms with Gasteiger partial charge in [-0.1, -0.05) is 17.7 Å². The van der Waals surface area contributed by atoms with E-state index >= 15 is 0 Å². The summed E-state index contributed by atoms with van der Waals surface area (Å²) in [5.74, 6) is 7.05. The van der Waals surface area contributed by atoms with Crippen molar-refractivity contribution in [3.8, 4) is 5.75 Å². The molecule has 1 atom stereocenters. The number of methoxy groups -OCH3 is 1. The number of aryl methyl sites for hydroxylation is 1. The summed E-state index contributed by atoms with van der Waals surface area (Å²) in [7, 11) is 3.50. The molecular weight excluding hydrogens is 252 g/mol. The first-order valence-corrected chi connectivity index (χ1v) is 5.82. The number of benzene rings is 1. The monoisotopic (exact) mass is 266 g/mol. The van der Waals surface area contributed by atoms with E-state index in [4.69, 9.17) is 22.2 Å². The second-order valence-corrected chi connectivity index (χ2v) is 4.30. The first kappa shape index (κ1) is 12.9. The van der Waals surface area contributed by atoms with Crippen LogP contribution in [0.5, 0.6) is 5.75 Å². The van der Waals surface area contributed by atoms with E-state index in [0.717, 1.165) is 11.4 Å². The molecule has 1 unspecified atom stereocenters. The van der Waals surface area contributed by atoms with Crippen molar-refractivity contribution in [3.63, 3.8) is 0 Å². The van der Waals surface area contributed by atoms with Crippen molar-refractivity contribution in [2.24, 2.45) is 12.9 Å². The Kier molecular flexibility index (Phi) is 3.86. The highest BCUT2D eigenvalue weighted by Gasteiger charge is 2.17. The van der Waals surface area contributed by atoms with Crippen molar-refractivity contribution in [1.29, 1.82) is 0 Å². The molecule has 0 bridgehead atoms. The van der Waals surface area contributed by atoms with Gasteiger partial charge in [0.1, 0.15) is 17.6 Å². The standard InChI is InChI=1S/C12H15ClN4O/c1-17-6-5-15-12(17)11(16-14)8-3-4-9(13)10(7-8)18-2/h3-7,11,16H,14H2,1-2H3. The Labute approximate surface area is 110 Å². The average Bonchev–Trinajstić information content (AvgIpc) is 2.79. The quantitative estimate of drug-likeness (QED) is 0.652. The summed E-state index contributed by atoms with van der Waals surface area (Å²) in [6.07, 6.45) is 3.60. The number of halogens is 1. The lowest BCUT2D eigenvalue weighted by molar-refractivity contribution is 0.413. The molecule has 0 saturated carbocycles. The number of nitrogens with one attached hydrogen (secondary N) is 1. The number of hydrogen-bond acceptors (Lipinski definition) is 4. The molecular formula is C12H15ClN4O. The fourth-order valence-electron chi connectivity index (χ4n) is 1.83. The number of imidazole rings is 1. The second kappa shape index (κ2) is 5.39. The van der Waals surface area contributed by atoms with E-state index in [-0.39, 0.29) is 6.04 Å². The number of hydrazine groups is 1. The molecule has 0 aliphatic rings. The molecule has 18 heavy (non-hydrogen) atoms. The zero-order chi connectivity index (χ0) is 13.1. The number of ether oxygens (including phenoxy) is 1. The number of rotatable bonds is 4. The van der Waals surface area contributed by atoms with E-state index in [1.165, 1.54) is 0 Å². The van der Waals surface area contributed by atoms with Crippen molar-refractivity contribution in [2.75, 3.05) is 7.11 Å². The number of nitrogens with zero attached hydrogens (tertiary/aromatic N) is 2. The fourth-order valence-corrected chi connectivity index (χ4v) is 2.03. The Morgan fingerprint density at radius 3 is 2.83 bits per heavy atom. The third kappa shape index (κ3) is 2.33. The number of aromatic nitrogens is 2. The molecule has 1 aromatic carbocycles. The summed E-state index contributed by atoms with van der Waals surface area (Å²) in [5.41, 5.74) is 3.69. The van der Waals surface area contributed by atoms with Gasteiger partial charge in [-0.15, -0.1) is 0 Å². The number of hydrogen-bond donors (Lipinski definition) is 2. The molecule has 6 heteroatoms. The molecule has 0 aliphatic carbocycles. The van der Waals surface area contributed by atoms with Crippen LogP contribution in [-0.2, 0) is 7.05 Å². The van der Waals surface area contributed by atoms with Gasteiger partial charge in [-0.3, -0.25) is 5.84 Å². The van der Waals surface area contributed by atoms with Gasteiger partial charge in [-0.05, 0) is 17.7 Å². The molecule has 0 spiro atoms. The average molecular weight is 267 g/mol. The first-order valence-electron chi connectivity index (χ1n) is 5.44. The molecule has 0 fully saturated rings. The predicted octanol–water partition coefficient (Wildman–Crippen LogP) is 1.63. The van der Waals surface area contributed by atoms with E-state index in [9.17, 15) is 0 Å². The summed E-state index contributed by atoms with van der Waals surface area (Å²) in [6, 6.07) is 5.31. The maximum Gasteiger partial charge on any atom is 0.137 e. The van der Waals surface area contributed by atoms with Gasteiger partial charge < -0.3 is 9.30 Å². The minimum Gasteiger partial charge on any atom is -0.495 e. The Morgan fingerprint density at radius 2 is 2.28 bits per heavy atom. The van der Waals surface area contributed by atoms with Gasteiger partial charge in [0, 0.05) is 19.4 Å². The topological polar surface area (TPSA) is 65.1 Å². The lowest BCUT2D eigenvalue weighted by Crippen LogP contribution is -2.30. The summed E-state index contributed by atoms with van der Waals surface area (Å²) in [4.78, 5) is 4.29. The van der Waals surface area contributed by atoms with Crippen molar-refractivity contribution in [1.82, 2.24) is 15.0 Å². The SMILES string of the molecule is COc1cc(C(NN)c2nccn2C)ccc1Cl. The molecule has 0 saturated heterocycles. The summed E-state index contributed by atoms with van der Waals surface area (Å²) in [6.45, 7) is 0. The molecule has 0 radical (unpaired) electrons. The Balaban J connectivity index is 2.42. The highest BCUT2D eigenvalue weighted by molar-refractivity contribution is 6.32. The molecule has 96 valence electrons. The molecule has 0 amide bonds. The van der Waals surface area contributed by atoms with Gasteiger partial charge in [-0.2, -0.15) is 0 Å². The minimum atomic E-state index is -0.212. The van der Waals surface area contributed by atoms with Crippen molar-refractivity contribution < 1.29 is 4.74 Å². The highest BCUT2D eigenvalue weighted by Crippen LogP contribution is 2.29. The normalized spacial score (nSPS) is 12.4. The lowest BCUT2D eigenvalue weighted by Gasteiger charge is -2.17. The van der Waals surface area contributed by atoms with E-state index in [0.29, 0.717) is 10.8 Å². The third-order valence-corrected chi connectivity index (χ3v) is 3.10. The van der Waals surface area contributed by atoms with Crippen LogP contribution in [0.1, 0.15) is 17.4 Å². The van der Waals surface area contributed by atoms with Crippen LogP contribution in [0.2, 0.25) is 5.02 Å². The van der Waals surface area contributed by atoms with Crippen LogP contribution in [0.4, 0.5) is 0 Å². The first-order chi connectivity index (χ1) is 8.67. The van der Waals surface area contributed by atoms with E-state index in [1.54, 1.807) is 19.4 Å². The van der Waals surface area contributed by atoms with Crippen LogP contribution >= 0.6 is 11.6 Å². The highest BCUT2D eigenvalue weighted by atomic mass is 35.5. The largest absolute Gasteiger partial charge is 0.495 e. The van der Waals surface area contributed by atoms with Crippen molar-refractivity contribution >= 4 is 11.6 Å². The molecule has 1 heterocycles. The van der Waals surface area contributed by atoms with E-state index in [2.05, 4.69) is 10.4 Å². The van der Waals surface area contributed by atoms with Gasteiger partial charge in [0.25, 0.3) is 0 Å². The zero-order valence-corrected chi connectivity index (χ0v) is 11.0. The Morgan fingerprint density at radius 1 is 1.50 bits per heavy atom. The molecule has 0 aliphatic heterocycles. The van der Waals surface area contributed by atoms with Crippen molar-refractivity contribution in [3.05, 3.63) is 47.0 Å². The van der Waals surface area contributed by atoms with Crippen LogP contribution in [0, 0.1) is 0 Å². The molecule has 3 N–H and O–H groups in total. The lowest BCUT2D eigenvalue weighted by atomic mass is 10.1. The van der Waals surface area contributed by atoms with Gasteiger partial charge in [0.15, 0.2) is 0 Å². The Hall–Kier alpha value is -1.56. The molecule has 2 rings (SSSR count). The maximum atomic E-state index is 6.00. The number of nitrogens with two attached hydrogens (primary N) is 1. The van der Waals surface area contributed by atoms with Crippen LogP contribution in [0.3, 0.4) is 0 Å². The van der Waals surface area contributed by atoms with Crippen LogP contribution in [0.15, 0.2) is 30.6 Å². The molecule has 1 aromatic heterocycles. The minimum absolute atomic E-state index is 0.212. The summed E-state index contributed by atoms with van der Waals surface area (Å²) < 4.78 is 7.11. The van der Waals surface area contributed by atoms with Crippen molar-refractivity contribution in [2.45, 2.75) is 6.04 Å². The zero-order valence-electron chi connectivity index (χ0n) is 10.2. The summed E-state index contributed by atoms with van der Waals surface area (Å²) >= 11 is 6.00. The Bertz CT molecular complexity index is 541. The van der Waals surface area contributed by atoms with E-state index < -0.39 is 0 Å². The van der Waals surface area contributed by atoms with Crippen LogP contribution in [-0.4, -0.2) is 16.7 Å². The summed E-state index contributed by atoms with van der Waals surface area (Å²) in [5, 5.41) is 0.567. The maximum absolute atomic E-state index is 6.00. The fraction of sp³-hybridized carbons (Fsp3) is 0.250. The predicted molar refractivity (Wildman–Crippen MR) is 70.4 cm³/mol. The second-order valence-electron chi connectivity index (χ2n) is 3.89. The van der Waals surface area contributed by atoms with Gasteiger partial charge in [0.2, 0.25) is 0 Å². The van der Waals surface area contributed by atoms with E-state index in [1.807, 2.05) is 29.9 Å². The van der Waals surface area contributed by atoms with Gasteiger partial charge >= 0.3 is 0 Å². The van der Waals surface area contributed by atoms with Gasteiger partial charge in [0.05, 0.1) is 12.1 Å². The molecule has 2 aromatic rings. The smallest absolute Gasteiger partial charge is 0.137 e. The molecule has 5 nitrogen and oxygen atoms in total. The van der Waals surface area contributed by atoms with Crippen LogP contribution in [0.25, 0.3) is 0 Å². The van der Waals surface area contributed by atoms with Crippen LogP contribution < -0.4 is 16.0 Å². The third-order valence-electron chi connectivity index (χ3n) is 2.79. The van der Waals surface area contributed by atoms with Gasteiger partial charge in [-0.25, -0.2) is 10.4 Å².